The smallest absolute Gasteiger partial charge is 0.238 e. The third-order valence-corrected chi connectivity index (χ3v) is 7.55. The van der Waals surface area contributed by atoms with Gasteiger partial charge < -0.3 is 9.47 Å². The van der Waals surface area contributed by atoms with Crippen molar-refractivity contribution in [2.24, 2.45) is 23.7 Å². The summed E-state index contributed by atoms with van der Waals surface area (Å²) in [5.74, 6) is -0.691. The first-order chi connectivity index (χ1) is 17.5. The maximum Gasteiger partial charge on any atom is 0.238 e. The molecule has 6 heteroatoms. The molecule has 3 aromatic carbocycles. The molecule has 6 rings (SSSR count). The highest BCUT2D eigenvalue weighted by atomic mass is 19.1. The fourth-order valence-corrected chi connectivity index (χ4v) is 5.96. The van der Waals surface area contributed by atoms with Crippen molar-refractivity contribution >= 4 is 23.1 Å². The number of nitrogens with zero attached hydrogens (tertiary/aromatic N) is 1. The summed E-state index contributed by atoms with van der Waals surface area (Å²) in [7, 11) is 3.26. The Labute approximate surface area is 208 Å². The largest absolute Gasteiger partial charge is 0.497 e. The van der Waals surface area contributed by atoms with Gasteiger partial charge in [0.05, 0.1) is 31.7 Å². The molecule has 5 nitrogen and oxygen atoms in total. The molecule has 4 atom stereocenters. The minimum absolute atomic E-state index is 0.193. The Bertz CT molecular complexity index is 1320. The Balaban J connectivity index is 1.47. The third-order valence-electron chi connectivity index (χ3n) is 7.55. The van der Waals surface area contributed by atoms with Crippen LogP contribution in [0.1, 0.15) is 11.1 Å². The van der Waals surface area contributed by atoms with Gasteiger partial charge >= 0.3 is 0 Å². The van der Waals surface area contributed by atoms with Gasteiger partial charge in [0.25, 0.3) is 0 Å². The molecule has 36 heavy (non-hydrogen) atoms. The zero-order valence-corrected chi connectivity index (χ0v) is 19.9. The van der Waals surface area contributed by atoms with E-state index in [0.717, 1.165) is 33.8 Å². The van der Waals surface area contributed by atoms with Crippen LogP contribution in [0.25, 0.3) is 5.57 Å². The van der Waals surface area contributed by atoms with Crippen LogP contribution in [0.15, 0.2) is 90.5 Å². The molecule has 0 radical (unpaired) electrons. The van der Waals surface area contributed by atoms with Gasteiger partial charge in [-0.3, -0.25) is 9.59 Å². The number of amides is 2. The molecule has 180 valence electrons. The summed E-state index contributed by atoms with van der Waals surface area (Å²) in [6.45, 7) is 0. The van der Waals surface area contributed by atoms with E-state index >= 15 is 0 Å². The highest BCUT2D eigenvalue weighted by molar-refractivity contribution is 6.23. The van der Waals surface area contributed by atoms with E-state index in [9.17, 15) is 14.0 Å². The second-order valence-electron chi connectivity index (χ2n) is 9.26. The van der Waals surface area contributed by atoms with Crippen LogP contribution in [0.4, 0.5) is 10.1 Å². The maximum atomic E-state index is 13.6. The predicted octanol–water partition coefficient (Wildman–Crippen LogP) is 5.27. The number of ether oxygens (including phenoxy) is 2. The van der Waals surface area contributed by atoms with Gasteiger partial charge in [-0.1, -0.05) is 36.4 Å². The number of hydrogen-bond acceptors (Lipinski definition) is 4. The summed E-state index contributed by atoms with van der Waals surface area (Å²) in [6, 6.07) is 21.2. The molecule has 3 aromatic rings. The second-order valence-corrected chi connectivity index (χ2v) is 9.26. The lowest BCUT2D eigenvalue weighted by Gasteiger charge is -2.22. The number of benzene rings is 3. The van der Waals surface area contributed by atoms with E-state index in [-0.39, 0.29) is 23.7 Å². The fourth-order valence-electron chi connectivity index (χ4n) is 5.96. The lowest BCUT2D eigenvalue weighted by Crippen LogP contribution is -2.33. The van der Waals surface area contributed by atoms with Crippen LogP contribution in [-0.4, -0.2) is 26.0 Å². The topological polar surface area (TPSA) is 55.8 Å². The Kier molecular flexibility index (Phi) is 5.25. The average molecular weight is 482 g/mol. The van der Waals surface area contributed by atoms with Crippen molar-refractivity contribution in [3.8, 4) is 11.5 Å². The summed E-state index contributed by atoms with van der Waals surface area (Å²) in [5, 5.41) is 0. The van der Waals surface area contributed by atoms with Gasteiger partial charge in [0.15, 0.2) is 0 Å². The van der Waals surface area contributed by atoms with Crippen molar-refractivity contribution in [3.63, 3.8) is 0 Å². The Hall–Kier alpha value is -4.19. The van der Waals surface area contributed by atoms with E-state index < -0.39 is 17.7 Å². The van der Waals surface area contributed by atoms with E-state index in [0.29, 0.717) is 5.69 Å². The molecule has 0 unspecified atom stereocenters. The molecular weight excluding hydrogens is 457 g/mol. The van der Waals surface area contributed by atoms with Crippen LogP contribution in [0.2, 0.25) is 0 Å². The molecule has 1 heterocycles. The van der Waals surface area contributed by atoms with Crippen molar-refractivity contribution in [3.05, 3.63) is 107 Å². The number of methoxy groups -OCH3 is 2. The van der Waals surface area contributed by atoms with Gasteiger partial charge in [0.2, 0.25) is 11.8 Å². The molecule has 0 N–H and O–H groups in total. The third kappa shape index (κ3) is 3.28. The van der Waals surface area contributed by atoms with Gasteiger partial charge in [-0.05, 0) is 70.8 Å². The molecule has 2 aliphatic carbocycles. The molecule has 2 fully saturated rings. The SMILES string of the molecule is COc1ccc(C(=C2[C@H]3C=C[C@H]2[C@H]2C(=O)N(c4ccc(F)cc4)C(=O)[C@@H]23)c2ccc(OC)cc2)cc1. The predicted molar refractivity (Wildman–Crippen MR) is 134 cm³/mol. The van der Waals surface area contributed by atoms with Crippen LogP contribution in [-0.2, 0) is 9.59 Å². The number of anilines is 1. The number of allylic oxidation sites excluding steroid dienone is 3. The Morgan fingerprint density at radius 3 is 1.56 bits per heavy atom. The van der Waals surface area contributed by atoms with Crippen LogP contribution >= 0.6 is 0 Å². The molecule has 2 amide bonds. The normalized spacial score (nSPS) is 23.9. The van der Waals surface area contributed by atoms with E-state index in [4.69, 9.17) is 9.47 Å². The number of halogens is 1. The van der Waals surface area contributed by atoms with Gasteiger partial charge in [-0.2, -0.15) is 0 Å². The van der Waals surface area contributed by atoms with Crippen molar-refractivity contribution in [2.45, 2.75) is 0 Å². The summed E-state index contributed by atoms with van der Waals surface area (Å²) in [4.78, 5) is 28.4. The first kappa shape index (κ1) is 22.3. The summed E-state index contributed by atoms with van der Waals surface area (Å²) in [5.41, 5.74) is 4.50. The van der Waals surface area contributed by atoms with Crippen molar-refractivity contribution in [1.29, 1.82) is 0 Å². The highest BCUT2D eigenvalue weighted by Crippen LogP contribution is 2.59. The number of carbonyl (C=O) groups is 2. The molecule has 1 saturated heterocycles. The first-order valence-electron chi connectivity index (χ1n) is 11.9. The fraction of sp³-hybridized carbons (Fsp3) is 0.200. The van der Waals surface area contributed by atoms with Gasteiger partial charge in [0, 0.05) is 11.8 Å². The standard InChI is InChI=1S/C30H24FNO4/c1-35-21-11-3-17(4-12-21)25(18-5-13-22(36-2)14-6-18)26-23-15-16-24(26)28-27(23)29(33)32(30(28)34)20-9-7-19(31)8-10-20/h3-16,23-24,27-28H,1-2H3/t23-,24-,27-,28-/m1/s1. The summed E-state index contributed by atoms with van der Waals surface area (Å²) >= 11 is 0. The van der Waals surface area contributed by atoms with Crippen LogP contribution < -0.4 is 14.4 Å². The molecular formula is C30H24FNO4. The number of imide groups is 1. The number of rotatable bonds is 5. The monoisotopic (exact) mass is 481 g/mol. The molecule has 3 aliphatic rings. The van der Waals surface area contributed by atoms with Gasteiger partial charge in [-0.15, -0.1) is 0 Å². The lowest BCUT2D eigenvalue weighted by atomic mass is 9.85. The van der Waals surface area contributed by atoms with E-state index in [1.807, 2.05) is 48.5 Å². The summed E-state index contributed by atoms with van der Waals surface area (Å²) < 4.78 is 24.2. The zero-order valence-electron chi connectivity index (χ0n) is 19.9. The second kappa shape index (κ2) is 8.48. The van der Waals surface area contributed by atoms with Crippen LogP contribution in [0, 0.1) is 29.5 Å². The van der Waals surface area contributed by atoms with Crippen molar-refractivity contribution in [1.82, 2.24) is 0 Å². The highest BCUT2D eigenvalue weighted by Gasteiger charge is 2.62. The van der Waals surface area contributed by atoms with E-state index in [1.54, 1.807) is 14.2 Å². The maximum absolute atomic E-state index is 13.6. The minimum atomic E-state index is -0.473. The summed E-state index contributed by atoms with van der Waals surface area (Å²) in [6.07, 6.45) is 4.13. The van der Waals surface area contributed by atoms with Gasteiger partial charge in [-0.25, -0.2) is 9.29 Å². The Morgan fingerprint density at radius 2 is 1.14 bits per heavy atom. The van der Waals surface area contributed by atoms with Crippen LogP contribution in [0.5, 0.6) is 11.5 Å². The molecule has 2 bridgehead atoms. The Morgan fingerprint density at radius 1 is 0.694 bits per heavy atom. The van der Waals surface area contributed by atoms with E-state index in [1.165, 1.54) is 29.2 Å². The molecule has 1 aliphatic heterocycles. The lowest BCUT2D eigenvalue weighted by molar-refractivity contribution is -0.122. The zero-order chi connectivity index (χ0) is 25.0. The molecule has 1 saturated carbocycles. The number of fused-ring (bicyclic) bond motifs is 5. The average Bonchev–Trinajstić information content (AvgIpc) is 3.55. The minimum Gasteiger partial charge on any atom is -0.497 e. The molecule has 0 spiro atoms. The molecule has 0 aromatic heterocycles. The van der Waals surface area contributed by atoms with Crippen molar-refractivity contribution < 1.29 is 23.5 Å². The number of carbonyl (C=O) groups excluding carboxylic acids is 2. The number of hydrogen-bond donors (Lipinski definition) is 0. The quantitative estimate of drug-likeness (QED) is 0.368. The van der Waals surface area contributed by atoms with E-state index in [2.05, 4.69) is 12.2 Å². The van der Waals surface area contributed by atoms with Crippen LogP contribution in [0.3, 0.4) is 0 Å². The first-order valence-corrected chi connectivity index (χ1v) is 11.9. The van der Waals surface area contributed by atoms with Gasteiger partial charge in [0.1, 0.15) is 17.3 Å². The van der Waals surface area contributed by atoms with Crippen molar-refractivity contribution in [2.75, 3.05) is 19.1 Å².